The molecule has 0 saturated carbocycles. The minimum Gasteiger partial charge on any atom is -0.192 e. The number of benzene rings is 4. The Morgan fingerprint density at radius 2 is 1.54 bits per heavy atom. The molecule has 28 heavy (non-hydrogen) atoms. The minimum atomic E-state index is 0.648. The van der Waals surface area contributed by atoms with Gasteiger partial charge in [0, 0.05) is 14.8 Å². The van der Waals surface area contributed by atoms with Gasteiger partial charge in [-0.1, -0.05) is 78.0 Å². The molecular formula is C25H16ClNS. The topological polar surface area (TPSA) is 23.8 Å². The van der Waals surface area contributed by atoms with Crippen LogP contribution in [0.3, 0.4) is 0 Å². The van der Waals surface area contributed by atoms with Crippen molar-refractivity contribution in [2.75, 3.05) is 0 Å². The zero-order valence-corrected chi connectivity index (χ0v) is 16.5. The van der Waals surface area contributed by atoms with Crippen molar-refractivity contribution < 1.29 is 0 Å². The van der Waals surface area contributed by atoms with Gasteiger partial charge < -0.3 is 0 Å². The van der Waals surface area contributed by atoms with E-state index in [4.69, 9.17) is 11.6 Å². The van der Waals surface area contributed by atoms with Crippen LogP contribution in [0.25, 0.3) is 22.4 Å². The van der Waals surface area contributed by atoms with Crippen LogP contribution in [0.4, 0.5) is 0 Å². The van der Waals surface area contributed by atoms with Crippen molar-refractivity contribution in [1.29, 1.82) is 5.26 Å². The van der Waals surface area contributed by atoms with E-state index in [9.17, 15) is 5.26 Å². The van der Waals surface area contributed by atoms with Gasteiger partial charge in [-0.05, 0) is 64.4 Å². The van der Waals surface area contributed by atoms with E-state index in [1.54, 1.807) is 11.8 Å². The molecule has 4 rings (SSSR count). The van der Waals surface area contributed by atoms with Gasteiger partial charge in [-0.25, -0.2) is 0 Å². The molecule has 4 aromatic carbocycles. The maximum atomic E-state index is 9.78. The molecule has 0 unspecified atom stereocenters. The molecule has 0 aliphatic carbocycles. The van der Waals surface area contributed by atoms with E-state index in [1.165, 1.54) is 5.39 Å². The Morgan fingerprint density at radius 3 is 2.32 bits per heavy atom. The number of hydrogen-bond acceptors (Lipinski definition) is 2. The van der Waals surface area contributed by atoms with Crippen molar-refractivity contribution in [2.45, 2.75) is 9.79 Å². The molecule has 0 aliphatic heterocycles. The van der Waals surface area contributed by atoms with Gasteiger partial charge in [0.25, 0.3) is 0 Å². The number of nitrogens with zero attached hydrogens (tertiary/aromatic N) is 1. The molecule has 0 heterocycles. The Bertz CT molecular complexity index is 1200. The Balaban J connectivity index is 1.72. The molecule has 134 valence electrons. The molecule has 0 saturated heterocycles. The molecule has 0 aliphatic rings. The fourth-order valence-electron chi connectivity index (χ4n) is 3.01. The van der Waals surface area contributed by atoms with E-state index in [0.29, 0.717) is 5.57 Å². The largest absolute Gasteiger partial charge is 0.192 e. The summed E-state index contributed by atoms with van der Waals surface area (Å²) >= 11 is 7.65. The van der Waals surface area contributed by atoms with Gasteiger partial charge in [-0.15, -0.1) is 0 Å². The first-order chi connectivity index (χ1) is 13.7. The van der Waals surface area contributed by atoms with Crippen molar-refractivity contribution in [1.82, 2.24) is 0 Å². The molecule has 0 spiro atoms. The van der Waals surface area contributed by atoms with Crippen LogP contribution in [0.1, 0.15) is 11.1 Å². The number of fused-ring (bicyclic) bond motifs is 1. The highest BCUT2D eigenvalue weighted by atomic mass is 35.5. The molecule has 0 fully saturated rings. The number of halogens is 1. The third-order valence-corrected chi connectivity index (χ3v) is 5.79. The standard InChI is InChI=1S/C25H16ClNS/c26-23-11-13-24(14-12-23)28-25-8-4-3-7-21(25)16-22(17-27)20-10-9-18-5-1-2-6-19(18)15-20/h1-16H/b22-16+. The molecule has 3 heteroatoms. The van der Waals surface area contributed by atoms with Crippen LogP contribution in [-0.4, -0.2) is 0 Å². The molecule has 1 nitrogen and oxygen atoms in total. The second-order valence-electron chi connectivity index (χ2n) is 6.33. The van der Waals surface area contributed by atoms with Crippen molar-refractivity contribution in [3.05, 3.63) is 107 Å². The number of nitriles is 1. The SMILES string of the molecule is N#C/C(=C\c1ccccc1Sc1ccc(Cl)cc1)c1ccc2ccccc2c1. The maximum absolute atomic E-state index is 9.78. The summed E-state index contributed by atoms with van der Waals surface area (Å²) in [6.45, 7) is 0. The van der Waals surface area contributed by atoms with Crippen LogP contribution in [0.15, 0.2) is 101 Å². The van der Waals surface area contributed by atoms with Crippen LogP contribution >= 0.6 is 23.4 Å². The Morgan fingerprint density at radius 1 is 0.821 bits per heavy atom. The van der Waals surface area contributed by atoms with Gasteiger partial charge in [0.2, 0.25) is 0 Å². The third-order valence-electron chi connectivity index (χ3n) is 4.44. The van der Waals surface area contributed by atoms with Gasteiger partial charge in [0.05, 0.1) is 11.6 Å². The quantitative estimate of drug-likeness (QED) is 0.260. The van der Waals surface area contributed by atoms with Crippen molar-refractivity contribution in [2.24, 2.45) is 0 Å². The first-order valence-electron chi connectivity index (χ1n) is 8.86. The van der Waals surface area contributed by atoms with Crippen LogP contribution in [0, 0.1) is 11.3 Å². The van der Waals surface area contributed by atoms with E-state index in [2.05, 4.69) is 36.4 Å². The van der Waals surface area contributed by atoms with Gasteiger partial charge in [-0.2, -0.15) is 5.26 Å². The average Bonchev–Trinajstić information content (AvgIpc) is 2.74. The van der Waals surface area contributed by atoms with Crippen LogP contribution < -0.4 is 0 Å². The molecule has 0 atom stereocenters. The lowest BCUT2D eigenvalue weighted by Gasteiger charge is -2.08. The fraction of sp³-hybridized carbons (Fsp3) is 0. The second kappa shape index (κ2) is 8.35. The lowest BCUT2D eigenvalue weighted by atomic mass is 10.0. The minimum absolute atomic E-state index is 0.648. The number of allylic oxidation sites excluding steroid dienone is 1. The normalized spacial score (nSPS) is 11.4. The summed E-state index contributed by atoms with van der Waals surface area (Å²) in [5.74, 6) is 0. The summed E-state index contributed by atoms with van der Waals surface area (Å²) in [4.78, 5) is 2.20. The monoisotopic (exact) mass is 397 g/mol. The van der Waals surface area contributed by atoms with Crippen molar-refractivity contribution in [3.63, 3.8) is 0 Å². The summed E-state index contributed by atoms with van der Waals surface area (Å²) in [7, 11) is 0. The number of hydrogen-bond donors (Lipinski definition) is 0. The zero-order chi connectivity index (χ0) is 19.3. The zero-order valence-electron chi connectivity index (χ0n) is 15.0. The fourth-order valence-corrected chi connectivity index (χ4v) is 4.06. The first-order valence-corrected chi connectivity index (χ1v) is 10.1. The summed E-state index contributed by atoms with van der Waals surface area (Å²) in [5, 5.41) is 12.8. The van der Waals surface area contributed by atoms with Crippen LogP contribution in [0.2, 0.25) is 5.02 Å². The van der Waals surface area contributed by atoms with Crippen LogP contribution in [0.5, 0.6) is 0 Å². The summed E-state index contributed by atoms with van der Waals surface area (Å²) < 4.78 is 0. The highest BCUT2D eigenvalue weighted by Crippen LogP contribution is 2.33. The third kappa shape index (κ3) is 4.12. The molecule has 4 aromatic rings. The predicted molar refractivity (Wildman–Crippen MR) is 119 cm³/mol. The Kier molecular flexibility index (Phi) is 5.48. The van der Waals surface area contributed by atoms with E-state index in [0.717, 1.165) is 31.3 Å². The first kappa shape index (κ1) is 18.4. The van der Waals surface area contributed by atoms with Crippen molar-refractivity contribution in [3.8, 4) is 6.07 Å². The van der Waals surface area contributed by atoms with E-state index in [-0.39, 0.29) is 0 Å². The number of rotatable bonds is 4. The summed E-state index contributed by atoms with van der Waals surface area (Å²) in [6.07, 6.45) is 1.96. The average molecular weight is 398 g/mol. The van der Waals surface area contributed by atoms with E-state index < -0.39 is 0 Å². The second-order valence-corrected chi connectivity index (χ2v) is 7.88. The molecular weight excluding hydrogens is 382 g/mol. The summed E-state index contributed by atoms with van der Waals surface area (Å²) in [5.41, 5.74) is 2.59. The van der Waals surface area contributed by atoms with Crippen LogP contribution in [-0.2, 0) is 0 Å². The molecule has 0 bridgehead atoms. The lowest BCUT2D eigenvalue weighted by Crippen LogP contribution is -1.85. The lowest BCUT2D eigenvalue weighted by molar-refractivity contribution is 1.38. The molecule has 0 N–H and O–H groups in total. The smallest absolute Gasteiger partial charge is 0.0998 e. The predicted octanol–water partition coefficient (Wildman–Crippen LogP) is 7.71. The molecule has 0 radical (unpaired) electrons. The van der Waals surface area contributed by atoms with Gasteiger partial charge in [0.1, 0.15) is 0 Å². The maximum Gasteiger partial charge on any atom is 0.0998 e. The van der Waals surface area contributed by atoms with E-state index >= 15 is 0 Å². The highest BCUT2D eigenvalue weighted by molar-refractivity contribution is 7.99. The van der Waals surface area contributed by atoms with Crippen molar-refractivity contribution >= 4 is 45.8 Å². The highest BCUT2D eigenvalue weighted by Gasteiger charge is 2.07. The summed E-state index contributed by atoms with van der Waals surface area (Å²) in [6, 6.07) is 32.6. The Hall–Kier alpha value is -2.99. The van der Waals surface area contributed by atoms with Gasteiger partial charge in [0.15, 0.2) is 0 Å². The molecule has 0 aromatic heterocycles. The Labute approximate surface area is 173 Å². The molecule has 0 amide bonds. The van der Waals surface area contributed by atoms with Gasteiger partial charge in [-0.3, -0.25) is 0 Å². The van der Waals surface area contributed by atoms with Gasteiger partial charge >= 0.3 is 0 Å². The van der Waals surface area contributed by atoms with E-state index in [1.807, 2.05) is 66.7 Å².